The predicted molar refractivity (Wildman–Crippen MR) is 151 cm³/mol. The summed E-state index contributed by atoms with van der Waals surface area (Å²) in [4.78, 5) is 41.5. The number of Topliss-reactive ketones (excluding diaryl/α,β-unsaturated/α-hetero) is 1. The van der Waals surface area contributed by atoms with Crippen LogP contribution in [0.5, 0.6) is 0 Å². The molecule has 2 atom stereocenters. The molecule has 2 aromatic rings. The first-order valence-corrected chi connectivity index (χ1v) is 15.1. The van der Waals surface area contributed by atoms with Crippen LogP contribution in [0.1, 0.15) is 30.9 Å². The number of nitrogens with zero attached hydrogens (tertiary/aromatic N) is 3. The van der Waals surface area contributed by atoms with E-state index in [0.29, 0.717) is 30.8 Å². The van der Waals surface area contributed by atoms with Gasteiger partial charge in [0.05, 0.1) is 10.8 Å². The van der Waals surface area contributed by atoms with Gasteiger partial charge < -0.3 is 10.4 Å². The minimum atomic E-state index is -3.92. The van der Waals surface area contributed by atoms with Crippen molar-refractivity contribution in [2.75, 3.05) is 18.2 Å². The van der Waals surface area contributed by atoms with E-state index < -0.39 is 34.0 Å². The number of nitriles is 1. The molecular weight excluding hydrogens is 554 g/mol. The first-order chi connectivity index (χ1) is 19.1. The van der Waals surface area contributed by atoms with E-state index in [0.717, 1.165) is 9.87 Å². The fourth-order valence-electron chi connectivity index (χ4n) is 4.06. The molecule has 40 heavy (non-hydrogen) atoms. The lowest BCUT2D eigenvalue weighted by Crippen LogP contribution is -2.52. The SMILES string of the molecule is CC(=NCCCC(=O)Cc1ccc(C[C@H](NC(=O)[C@@H]2CSCN2S(=O)(=O)c2ccccc2)C(=O)O)cc1)NC#N. The third-order valence-corrected chi connectivity index (χ3v) is 9.22. The van der Waals surface area contributed by atoms with E-state index in [1.54, 1.807) is 55.6 Å². The maximum absolute atomic E-state index is 13.1. The van der Waals surface area contributed by atoms with Crippen LogP contribution in [0, 0.1) is 11.5 Å². The number of nitrogens with one attached hydrogen (secondary N) is 2. The number of ketones is 1. The van der Waals surface area contributed by atoms with Gasteiger partial charge in [0, 0.05) is 31.6 Å². The van der Waals surface area contributed by atoms with Crippen molar-refractivity contribution in [3.8, 4) is 6.19 Å². The molecular formula is C27H31N5O6S2. The predicted octanol–water partition coefficient (Wildman–Crippen LogP) is 1.94. The maximum atomic E-state index is 13.1. The van der Waals surface area contributed by atoms with E-state index in [-0.39, 0.29) is 35.2 Å². The van der Waals surface area contributed by atoms with Crippen molar-refractivity contribution in [1.82, 2.24) is 14.9 Å². The molecule has 1 aliphatic heterocycles. The van der Waals surface area contributed by atoms with Gasteiger partial charge in [0.15, 0.2) is 6.19 Å². The highest BCUT2D eigenvalue weighted by Crippen LogP contribution is 2.28. The van der Waals surface area contributed by atoms with Gasteiger partial charge in [-0.05, 0) is 36.6 Å². The Bertz CT molecular complexity index is 1370. The number of carboxylic acids is 1. The second-order valence-corrected chi connectivity index (χ2v) is 12.1. The molecule has 212 valence electrons. The Balaban J connectivity index is 1.56. The van der Waals surface area contributed by atoms with Crippen molar-refractivity contribution >= 4 is 45.3 Å². The fourth-order valence-corrected chi connectivity index (χ4v) is 7.23. The number of hydrogen-bond acceptors (Lipinski definition) is 8. The zero-order valence-corrected chi connectivity index (χ0v) is 23.6. The zero-order valence-electron chi connectivity index (χ0n) is 21.9. The standard InChI is InChI=1S/C27H31N5O6S2/c1-19(30-17-28)29-13-5-6-22(33)14-20-9-11-21(12-10-20)15-24(27(35)36)31-26(34)25-16-39-18-32(25)40(37,38)23-7-3-2-4-8-23/h2-4,7-12,24-25H,5-6,13-16,18H2,1H3,(H,29,30)(H,31,34)(H,35,36)/t24-,25-/m0/s1. The summed E-state index contributed by atoms with van der Waals surface area (Å²) in [6, 6.07) is 12.4. The summed E-state index contributed by atoms with van der Waals surface area (Å²) in [5, 5.41) is 23.2. The summed E-state index contributed by atoms with van der Waals surface area (Å²) in [7, 11) is -3.92. The smallest absolute Gasteiger partial charge is 0.326 e. The molecule has 3 rings (SSSR count). The minimum absolute atomic E-state index is 0.00527. The van der Waals surface area contributed by atoms with Crippen molar-refractivity contribution in [2.45, 2.75) is 49.6 Å². The number of aliphatic imine (C=N–C) groups is 1. The summed E-state index contributed by atoms with van der Waals surface area (Å²) >= 11 is 1.29. The van der Waals surface area contributed by atoms with Gasteiger partial charge in [-0.1, -0.05) is 42.5 Å². The Morgan fingerprint density at radius 2 is 1.82 bits per heavy atom. The third-order valence-electron chi connectivity index (χ3n) is 6.17. The number of carboxylic acid groups (broad SMARTS) is 1. The van der Waals surface area contributed by atoms with Crippen LogP contribution in [0.2, 0.25) is 0 Å². The van der Waals surface area contributed by atoms with Crippen LogP contribution in [-0.4, -0.2) is 71.6 Å². The number of hydrogen-bond donors (Lipinski definition) is 3. The minimum Gasteiger partial charge on any atom is -0.480 e. The molecule has 1 fully saturated rings. The lowest BCUT2D eigenvalue weighted by molar-refractivity contribution is -0.142. The summed E-state index contributed by atoms with van der Waals surface area (Å²) in [5.41, 5.74) is 1.42. The van der Waals surface area contributed by atoms with Gasteiger partial charge in [0.2, 0.25) is 15.9 Å². The maximum Gasteiger partial charge on any atom is 0.326 e. The number of benzene rings is 2. The van der Waals surface area contributed by atoms with Crippen molar-refractivity contribution < 1.29 is 27.9 Å². The highest BCUT2D eigenvalue weighted by Gasteiger charge is 2.41. The monoisotopic (exact) mass is 585 g/mol. The van der Waals surface area contributed by atoms with Gasteiger partial charge in [0.25, 0.3) is 0 Å². The number of carbonyl (C=O) groups excluding carboxylic acids is 2. The zero-order chi connectivity index (χ0) is 29.1. The lowest BCUT2D eigenvalue weighted by atomic mass is 10.0. The number of carbonyl (C=O) groups is 3. The Labute approximate surface area is 237 Å². The molecule has 2 aromatic carbocycles. The second-order valence-electron chi connectivity index (χ2n) is 9.16. The van der Waals surface area contributed by atoms with Crippen LogP contribution < -0.4 is 10.6 Å². The van der Waals surface area contributed by atoms with Gasteiger partial charge >= 0.3 is 5.97 Å². The number of thioether (sulfide) groups is 1. The van der Waals surface area contributed by atoms with Gasteiger partial charge in [-0.15, -0.1) is 11.8 Å². The Kier molecular flexibility index (Phi) is 11.2. The van der Waals surface area contributed by atoms with E-state index in [1.807, 2.05) is 0 Å². The molecule has 0 spiro atoms. The molecule has 13 heteroatoms. The van der Waals surface area contributed by atoms with Crippen LogP contribution in [0.3, 0.4) is 0 Å². The van der Waals surface area contributed by atoms with Gasteiger partial charge in [-0.25, -0.2) is 13.2 Å². The highest BCUT2D eigenvalue weighted by molar-refractivity contribution is 8.00. The average Bonchev–Trinajstić information content (AvgIpc) is 3.44. The number of amidine groups is 1. The van der Waals surface area contributed by atoms with E-state index in [2.05, 4.69) is 15.6 Å². The average molecular weight is 586 g/mol. The summed E-state index contributed by atoms with van der Waals surface area (Å²) in [6.07, 6.45) is 2.90. The fraction of sp³-hybridized carbons (Fsp3) is 0.370. The number of amides is 1. The highest BCUT2D eigenvalue weighted by atomic mass is 32.2. The quantitative estimate of drug-likeness (QED) is 0.105. The van der Waals surface area contributed by atoms with Crippen LogP contribution in [0.4, 0.5) is 0 Å². The summed E-state index contributed by atoms with van der Waals surface area (Å²) < 4.78 is 27.2. The molecule has 1 amide bonds. The summed E-state index contributed by atoms with van der Waals surface area (Å²) in [6.45, 7) is 2.11. The van der Waals surface area contributed by atoms with Crippen LogP contribution >= 0.6 is 11.8 Å². The van der Waals surface area contributed by atoms with E-state index >= 15 is 0 Å². The molecule has 0 saturated carbocycles. The molecule has 0 aromatic heterocycles. The molecule has 1 saturated heterocycles. The van der Waals surface area contributed by atoms with Crippen LogP contribution in [0.25, 0.3) is 0 Å². The van der Waals surface area contributed by atoms with Crippen molar-refractivity contribution in [2.24, 2.45) is 4.99 Å². The first kappa shape index (κ1) is 30.8. The van der Waals surface area contributed by atoms with Crippen LogP contribution in [-0.2, 0) is 37.2 Å². The van der Waals surface area contributed by atoms with Gasteiger partial charge in [-0.3, -0.25) is 19.9 Å². The van der Waals surface area contributed by atoms with E-state index in [1.165, 1.54) is 23.9 Å². The molecule has 0 aliphatic carbocycles. The Hall–Kier alpha value is -3.73. The van der Waals surface area contributed by atoms with Crippen molar-refractivity contribution in [3.63, 3.8) is 0 Å². The molecule has 0 unspecified atom stereocenters. The largest absolute Gasteiger partial charge is 0.480 e. The normalized spacial score (nSPS) is 16.6. The molecule has 1 heterocycles. The Morgan fingerprint density at radius 3 is 2.48 bits per heavy atom. The van der Waals surface area contributed by atoms with Gasteiger partial charge in [-0.2, -0.15) is 9.57 Å². The number of sulfonamides is 1. The van der Waals surface area contributed by atoms with Crippen LogP contribution in [0.15, 0.2) is 64.5 Å². The lowest BCUT2D eigenvalue weighted by Gasteiger charge is -2.24. The second kappa shape index (κ2) is 14.6. The molecule has 0 bridgehead atoms. The molecule has 0 radical (unpaired) electrons. The first-order valence-electron chi connectivity index (χ1n) is 12.6. The number of aliphatic carboxylic acids is 1. The van der Waals surface area contributed by atoms with E-state index in [9.17, 15) is 27.9 Å². The summed E-state index contributed by atoms with van der Waals surface area (Å²) in [5.74, 6) is -1.05. The van der Waals surface area contributed by atoms with Crippen molar-refractivity contribution in [3.05, 3.63) is 65.7 Å². The van der Waals surface area contributed by atoms with Gasteiger partial charge in [0.1, 0.15) is 23.7 Å². The third kappa shape index (κ3) is 8.64. The van der Waals surface area contributed by atoms with Crippen molar-refractivity contribution in [1.29, 1.82) is 5.26 Å². The number of rotatable bonds is 13. The topological polar surface area (TPSA) is 169 Å². The molecule has 3 N–H and O–H groups in total. The van der Waals surface area contributed by atoms with E-state index in [4.69, 9.17) is 5.26 Å². The molecule has 1 aliphatic rings. The molecule has 11 nitrogen and oxygen atoms in total. The Morgan fingerprint density at radius 1 is 1.15 bits per heavy atom.